The number of carbonyl (C=O) groups excluding carboxylic acids is 2. The zero-order valence-corrected chi connectivity index (χ0v) is 12.5. The van der Waals surface area contributed by atoms with Crippen molar-refractivity contribution < 1.29 is 19.4 Å². The molecular formula is C15H21N3O4. The van der Waals surface area contributed by atoms with Crippen molar-refractivity contribution in [1.82, 2.24) is 5.32 Å². The summed E-state index contributed by atoms with van der Waals surface area (Å²) in [5.74, 6) is -0.202. The van der Waals surface area contributed by atoms with Gasteiger partial charge in [-0.2, -0.15) is 0 Å². The molecule has 1 aliphatic rings. The number of nitrogens with two attached hydrogens (primary N) is 1. The number of phenols is 1. The summed E-state index contributed by atoms with van der Waals surface area (Å²) in [4.78, 5) is 22.2. The van der Waals surface area contributed by atoms with Crippen molar-refractivity contribution in [3.05, 3.63) is 17.7 Å². The largest absolute Gasteiger partial charge is 0.506 e. The van der Waals surface area contributed by atoms with Gasteiger partial charge in [-0.3, -0.25) is 9.59 Å². The summed E-state index contributed by atoms with van der Waals surface area (Å²) in [5.41, 5.74) is 6.44. The van der Waals surface area contributed by atoms with Crippen LogP contribution in [0, 0.1) is 5.92 Å². The van der Waals surface area contributed by atoms with Crippen molar-refractivity contribution >= 4 is 17.5 Å². The fraction of sp³-hybridized carbons (Fsp3) is 0.467. The van der Waals surface area contributed by atoms with Crippen LogP contribution >= 0.6 is 0 Å². The molecule has 2 amide bonds. The second-order valence-electron chi connectivity index (χ2n) is 5.38. The minimum Gasteiger partial charge on any atom is -0.506 e. The Bertz CT molecular complexity index is 574. The number of fused-ring (bicyclic) bond motifs is 1. The zero-order valence-electron chi connectivity index (χ0n) is 12.5. The number of phenolic OH excluding ortho intramolecular Hbond substituents is 1. The van der Waals surface area contributed by atoms with E-state index in [1.165, 1.54) is 6.07 Å². The number of anilines is 1. The molecule has 120 valence electrons. The van der Waals surface area contributed by atoms with E-state index >= 15 is 0 Å². The van der Waals surface area contributed by atoms with Crippen LogP contribution in [0.5, 0.6) is 11.5 Å². The number of benzene rings is 1. The highest BCUT2D eigenvalue weighted by Crippen LogP contribution is 2.39. The molecule has 1 heterocycles. The van der Waals surface area contributed by atoms with E-state index in [4.69, 9.17) is 10.5 Å². The predicted octanol–water partition coefficient (Wildman–Crippen LogP) is 0.367. The minimum atomic E-state index is -0.293. The molecule has 0 spiro atoms. The van der Waals surface area contributed by atoms with Gasteiger partial charge in [0.05, 0.1) is 0 Å². The summed E-state index contributed by atoms with van der Waals surface area (Å²) in [7, 11) is 0. The van der Waals surface area contributed by atoms with Crippen molar-refractivity contribution in [2.75, 3.05) is 25.0 Å². The highest BCUT2D eigenvalue weighted by Gasteiger charge is 2.22. The van der Waals surface area contributed by atoms with Crippen molar-refractivity contribution in [1.29, 1.82) is 0 Å². The Morgan fingerprint density at radius 1 is 1.50 bits per heavy atom. The molecule has 22 heavy (non-hydrogen) atoms. The Morgan fingerprint density at radius 3 is 3.00 bits per heavy atom. The third kappa shape index (κ3) is 3.88. The number of aromatic hydroxyl groups is 1. The van der Waals surface area contributed by atoms with Crippen molar-refractivity contribution in [2.45, 2.75) is 19.8 Å². The topological polar surface area (TPSA) is 114 Å². The summed E-state index contributed by atoms with van der Waals surface area (Å²) in [6.07, 6.45) is 1.37. The summed E-state index contributed by atoms with van der Waals surface area (Å²) in [6, 6.07) is 3.32. The second-order valence-corrected chi connectivity index (χ2v) is 5.38. The summed E-state index contributed by atoms with van der Waals surface area (Å²) >= 11 is 0. The first-order valence-electron chi connectivity index (χ1n) is 7.26. The number of ether oxygens (including phenoxy) is 1. The van der Waals surface area contributed by atoms with Crippen LogP contribution in [0.4, 0.5) is 5.69 Å². The molecule has 0 saturated heterocycles. The molecule has 0 saturated carbocycles. The quantitative estimate of drug-likeness (QED) is 0.429. The lowest BCUT2D eigenvalue weighted by atomic mass is 10.1. The SMILES string of the molecule is CC(CCNCCc1ccc(O)c2c1OCC(=O)N2)C(N)=O. The van der Waals surface area contributed by atoms with Gasteiger partial charge in [0.25, 0.3) is 5.91 Å². The Hall–Kier alpha value is -2.28. The average Bonchev–Trinajstić information content (AvgIpc) is 2.49. The molecule has 1 unspecified atom stereocenters. The third-order valence-electron chi connectivity index (χ3n) is 3.64. The monoisotopic (exact) mass is 307 g/mol. The maximum absolute atomic E-state index is 11.3. The molecule has 0 fully saturated rings. The molecule has 1 atom stereocenters. The first kappa shape index (κ1) is 16.1. The number of primary amides is 1. The van der Waals surface area contributed by atoms with E-state index in [2.05, 4.69) is 10.6 Å². The number of carbonyl (C=O) groups is 2. The van der Waals surface area contributed by atoms with Gasteiger partial charge in [0.2, 0.25) is 5.91 Å². The van der Waals surface area contributed by atoms with Gasteiger partial charge in [-0.25, -0.2) is 0 Å². The highest BCUT2D eigenvalue weighted by atomic mass is 16.5. The molecule has 0 bridgehead atoms. The van der Waals surface area contributed by atoms with Crippen LogP contribution in [0.15, 0.2) is 12.1 Å². The number of hydrogen-bond donors (Lipinski definition) is 4. The molecule has 0 aromatic heterocycles. The number of hydrogen-bond acceptors (Lipinski definition) is 5. The van der Waals surface area contributed by atoms with Gasteiger partial charge >= 0.3 is 0 Å². The van der Waals surface area contributed by atoms with Gasteiger partial charge in [0.15, 0.2) is 12.4 Å². The lowest BCUT2D eigenvalue weighted by Gasteiger charge is -2.21. The second kappa shape index (κ2) is 7.13. The van der Waals surface area contributed by atoms with Crippen LogP contribution in [0.3, 0.4) is 0 Å². The van der Waals surface area contributed by atoms with E-state index in [1.54, 1.807) is 13.0 Å². The maximum atomic E-state index is 11.3. The Morgan fingerprint density at radius 2 is 2.27 bits per heavy atom. The lowest BCUT2D eigenvalue weighted by molar-refractivity contribution is -0.121. The van der Waals surface area contributed by atoms with Gasteiger partial charge in [0, 0.05) is 5.92 Å². The Kier molecular flexibility index (Phi) is 5.21. The molecule has 2 rings (SSSR count). The fourth-order valence-corrected chi connectivity index (χ4v) is 2.22. The molecule has 0 aliphatic carbocycles. The van der Waals surface area contributed by atoms with Crippen LogP contribution in [-0.2, 0) is 16.0 Å². The van der Waals surface area contributed by atoms with E-state index in [9.17, 15) is 14.7 Å². The van der Waals surface area contributed by atoms with E-state index in [1.807, 2.05) is 0 Å². The Labute approximate surface area is 128 Å². The van der Waals surface area contributed by atoms with Gasteiger partial charge in [-0.1, -0.05) is 13.0 Å². The van der Waals surface area contributed by atoms with E-state index in [-0.39, 0.29) is 30.1 Å². The molecular weight excluding hydrogens is 286 g/mol. The predicted molar refractivity (Wildman–Crippen MR) is 81.8 cm³/mol. The lowest BCUT2D eigenvalue weighted by Crippen LogP contribution is -2.27. The summed E-state index contributed by atoms with van der Waals surface area (Å²) in [5, 5.41) is 15.6. The molecule has 5 N–H and O–H groups in total. The number of amides is 2. The van der Waals surface area contributed by atoms with Crippen LogP contribution in [0.1, 0.15) is 18.9 Å². The first-order chi connectivity index (χ1) is 10.5. The first-order valence-corrected chi connectivity index (χ1v) is 7.26. The minimum absolute atomic E-state index is 0.00459. The van der Waals surface area contributed by atoms with Gasteiger partial charge in [-0.05, 0) is 37.6 Å². The van der Waals surface area contributed by atoms with Crippen LogP contribution < -0.4 is 21.1 Å². The maximum Gasteiger partial charge on any atom is 0.262 e. The molecule has 1 aliphatic heterocycles. The standard InChI is InChI=1S/C15H21N3O4/c1-9(15(16)21)4-6-17-7-5-10-2-3-11(19)13-14(10)22-8-12(20)18-13/h2-3,9,17,19H,4-8H2,1H3,(H2,16,21)(H,18,20). The smallest absolute Gasteiger partial charge is 0.262 e. The van der Waals surface area contributed by atoms with Gasteiger partial charge in [0.1, 0.15) is 11.4 Å². The Balaban J connectivity index is 1.87. The molecule has 1 aromatic carbocycles. The molecule has 7 heteroatoms. The van der Waals surface area contributed by atoms with Crippen LogP contribution in [0.2, 0.25) is 0 Å². The van der Waals surface area contributed by atoms with E-state index < -0.39 is 0 Å². The van der Waals surface area contributed by atoms with Crippen LogP contribution in [-0.4, -0.2) is 36.6 Å². The van der Waals surface area contributed by atoms with E-state index in [0.29, 0.717) is 37.4 Å². The van der Waals surface area contributed by atoms with Crippen molar-refractivity contribution in [3.63, 3.8) is 0 Å². The molecule has 7 nitrogen and oxygen atoms in total. The van der Waals surface area contributed by atoms with Crippen LogP contribution in [0.25, 0.3) is 0 Å². The van der Waals surface area contributed by atoms with Crippen molar-refractivity contribution in [2.24, 2.45) is 11.7 Å². The molecule has 1 aromatic rings. The third-order valence-corrected chi connectivity index (χ3v) is 3.64. The molecule has 0 radical (unpaired) electrons. The highest BCUT2D eigenvalue weighted by molar-refractivity contribution is 5.97. The zero-order chi connectivity index (χ0) is 16.1. The summed E-state index contributed by atoms with van der Waals surface area (Å²) < 4.78 is 5.41. The van der Waals surface area contributed by atoms with Crippen molar-refractivity contribution in [3.8, 4) is 11.5 Å². The van der Waals surface area contributed by atoms with E-state index in [0.717, 1.165) is 5.56 Å². The fourth-order valence-electron chi connectivity index (χ4n) is 2.22. The summed E-state index contributed by atoms with van der Waals surface area (Å²) in [6.45, 7) is 3.14. The average molecular weight is 307 g/mol. The van der Waals surface area contributed by atoms with Gasteiger partial charge < -0.3 is 26.2 Å². The van der Waals surface area contributed by atoms with Gasteiger partial charge in [-0.15, -0.1) is 0 Å². The normalized spacial score (nSPS) is 14.7. The number of nitrogens with one attached hydrogen (secondary N) is 2. The number of rotatable bonds is 7.